The van der Waals surface area contributed by atoms with E-state index in [1.54, 1.807) is 0 Å². The number of rotatable bonds is 6. The molecule has 0 bridgehead atoms. The fourth-order valence-electron chi connectivity index (χ4n) is 2.28. The van der Waals surface area contributed by atoms with Gasteiger partial charge in [-0.25, -0.2) is 0 Å². The average Bonchev–Trinajstić information content (AvgIpc) is 2.27. The lowest BCUT2D eigenvalue weighted by atomic mass is 9.97. The fraction of sp³-hybridized carbons (Fsp3) is 0.769. The van der Waals surface area contributed by atoms with E-state index in [0.29, 0.717) is 12.5 Å². The van der Waals surface area contributed by atoms with Crippen molar-refractivity contribution < 1.29 is 9.90 Å². The lowest BCUT2D eigenvalue weighted by Crippen LogP contribution is -2.40. The molecule has 1 aliphatic heterocycles. The topological polar surface area (TPSA) is 40.5 Å². The van der Waals surface area contributed by atoms with Gasteiger partial charge in [0.05, 0.1) is 0 Å². The highest BCUT2D eigenvalue weighted by Gasteiger charge is 2.22. The number of carboxylic acid groups (broad SMARTS) is 1. The molecule has 1 N–H and O–H groups in total. The zero-order chi connectivity index (χ0) is 12.0. The van der Waals surface area contributed by atoms with Gasteiger partial charge in [0.15, 0.2) is 0 Å². The summed E-state index contributed by atoms with van der Waals surface area (Å²) in [5.41, 5.74) is 1.25. The minimum Gasteiger partial charge on any atom is -0.481 e. The largest absolute Gasteiger partial charge is 0.481 e. The van der Waals surface area contributed by atoms with Gasteiger partial charge < -0.3 is 5.11 Å². The molecule has 0 amide bonds. The molecule has 3 heteroatoms. The van der Waals surface area contributed by atoms with Crippen molar-refractivity contribution in [2.75, 3.05) is 13.1 Å². The molecule has 1 unspecified atom stereocenters. The Morgan fingerprint density at radius 3 is 2.88 bits per heavy atom. The second-order valence-electron chi connectivity index (χ2n) is 4.66. The summed E-state index contributed by atoms with van der Waals surface area (Å²) in [5, 5.41) is 8.72. The summed E-state index contributed by atoms with van der Waals surface area (Å²) in [4.78, 5) is 13.0. The number of aliphatic carboxylic acids is 1. The standard InChI is InChI=1S/C13H23NO2/c1-3-11(2)10-14-9-5-4-6-12(14)7-8-13(15)16/h12H,2-10H2,1H3,(H,15,16). The van der Waals surface area contributed by atoms with Gasteiger partial charge in [0.1, 0.15) is 0 Å². The van der Waals surface area contributed by atoms with Crippen LogP contribution in [0.4, 0.5) is 0 Å². The normalized spacial score (nSPS) is 21.9. The molecule has 0 aromatic rings. The van der Waals surface area contributed by atoms with Crippen molar-refractivity contribution in [3.05, 3.63) is 12.2 Å². The van der Waals surface area contributed by atoms with E-state index in [1.807, 2.05) is 0 Å². The highest BCUT2D eigenvalue weighted by Crippen LogP contribution is 2.22. The van der Waals surface area contributed by atoms with E-state index in [0.717, 1.165) is 32.4 Å². The van der Waals surface area contributed by atoms with E-state index >= 15 is 0 Å². The molecule has 1 fully saturated rings. The summed E-state index contributed by atoms with van der Waals surface area (Å²) in [5.74, 6) is -0.681. The number of nitrogens with zero attached hydrogens (tertiary/aromatic N) is 1. The molecule has 1 saturated heterocycles. The molecule has 1 rings (SSSR count). The molecular formula is C13H23NO2. The number of carbonyl (C=O) groups is 1. The zero-order valence-electron chi connectivity index (χ0n) is 10.2. The molecule has 0 aromatic heterocycles. The van der Waals surface area contributed by atoms with Crippen molar-refractivity contribution in [3.8, 4) is 0 Å². The molecule has 16 heavy (non-hydrogen) atoms. The molecule has 1 heterocycles. The van der Waals surface area contributed by atoms with Crippen molar-refractivity contribution >= 4 is 5.97 Å². The van der Waals surface area contributed by atoms with Crippen LogP contribution >= 0.6 is 0 Å². The third-order valence-corrected chi connectivity index (χ3v) is 3.37. The minimum absolute atomic E-state index is 0.291. The van der Waals surface area contributed by atoms with E-state index in [-0.39, 0.29) is 0 Å². The number of carboxylic acids is 1. The van der Waals surface area contributed by atoms with Crippen LogP contribution in [0.2, 0.25) is 0 Å². The first-order chi connectivity index (χ1) is 7.63. The Morgan fingerprint density at radius 2 is 2.25 bits per heavy atom. The number of hydrogen-bond acceptors (Lipinski definition) is 2. The zero-order valence-corrected chi connectivity index (χ0v) is 10.2. The molecule has 0 radical (unpaired) electrons. The number of hydrogen-bond donors (Lipinski definition) is 1. The van der Waals surface area contributed by atoms with Crippen LogP contribution in [0.1, 0.15) is 45.4 Å². The third-order valence-electron chi connectivity index (χ3n) is 3.37. The van der Waals surface area contributed by atoms with Crippen LogP contribution in [0, 0.1) is 0 Å². The number of piperidine rings is 1. The van der Waals surface area contributed by atoms with Crippen molar-refractivity contribution in [3.63, 3.8) is 0 Å². The van der Waals surface area contributed by atoms with Crippen LogP contribution in [0.25, 0.3) is 0 Å². The smallest absolute Gasteiger partial charge is 0.303 e. The van der Waals surface area contributed by atoms with Gasteiger partial charge >= 0.3 is 5.97 Å². The fourth-order valence-corrected chi connectivity index (χ4v) is 2.28. The van der Waals surface area contributed by atoms with E-state index in [2.05, 4.69) is 18.4 Å². The molecule has 0 spiro atoms. The van der Waals surface area contributed by atoms with Crippen LogP contribution in [-0.2, 0) is 4.79 Å². The predicted octanol–water partition coefficient (Wildman–Crippen LogP) is 2.67. The third kappa shape index (κ3) is 4.35. The molecule has 0 saturated carbocycles. The van der Waals surface area contributed by atoms with Gasteiger partial charge in [-0.05, 0) is 32.2 Å². The van der Waals surface area contributed by atoms with Crippen LogP contribution in [-0.4, -0.2) is 35.1 Å². The highest BCUT2D eigenvalue weighted by atomic mass is 16.4. The highest BCUT2D eigenvalue weighted by molar-refractivity contribution is 5.66. The quantitative estimate of drug-likeness (QED) is 0.706. The van der Waals surface area contributed by atoms with E-state index in [9.17, 15) is 4.79 Å². The van der Waals surface area contributed by atoms with Crippen molar-refractivity contribution in [1.82, 2.24) is 4.90 Å². The van der Waals surface area contributed by atoms with Gasteiger partial charge in [-0.1, -0.05) is 25.5 Å². The van der Waals surface area contributed by atoms with Gasteiger partial charge in [-0.3, -0.25) is 9.69 Å². The van der Waals surface area contributed by atoms with Gasteiger partial charge in [0, 0.05) is 19.0 Å². The first-order valence-electron chi connectivity index (χ1n) is 6.26. The molecule has 0 aromatic carbocycles. The summed E-state index contributed by atoms with van der Waals surface area (Å²) in [6.07, 6.45) is 5.71. The molecular weight excluding hydrogens is 202 g/mol. The Labute approximate surface area is 98.1 Å². The van der Waals surface area contributed by atoms with Gasteiger partial charge in [-0.15, -0.1) is 0 Å². The summed E-state index contributed by atoms with van der Waals surface area (Å²) in [7, 11) is 0. The van der Waals surface area contributed by atoms with Crippen molar-refractivity contribution in [2.45, 2.75) is 51.5 Å². The first-order valence-corrected chi connectivity index (χ1v) is 6.26. The van der Waals surface area contributed by atoms with Crippen LogP contribution in [0.3, 0.4) is 0 Å². The summed E-state index contributed by atoms with van der Waals surface area (Å²) >= 11 is 0. The Kier molecular flexibility index (Phi) is 5.53. The second kappa shape index (κ2) is 6.69. The SMILES string of the molecule is C=C(CC)CN1CCCCC1CCC(=O)O. The Hall–Kier alpha value is -0.830. The minimum atomic E-state index is -0.681. The maximum atomic E-state index is 10.6. The molecule has 3 nitrogen and oxygen atoms in total. The van der Waals surface area contributed by atoms with E-state index < -0.39 is 5.97 Å². The summed E-state index contributed by atoms with van der Waals surface area (Å²) in [6.45, 7) is 8.21. The Balaban J connectivity index is 2.43. The van der Waals surface area contributed by atoms with Crippen molar-refractivity contribution in [2.24, 2.45) is 0 Å². The average molecular weight is 225 g/mol. The lowest BCUT2D eigenvalue weighted by Gasteiger charge is -2.36. The van der Waals surface area contributed by atoms with Crippen LogP contribution in [0.5, 0.6) is 0 Å². The second-order valence-corrected chi connectivity index (χ2v) is 4.66. The summed E-state index contributed by atoms with van der Waals surface area (Å²) in [6, 6.07) is 0.452. The Bertz CT molecular complexity index is 250. The van der Waals surface area contributed by atoms with E-state index in [1.165, 1.54) is 18.4 Å². The monoisotopic (exact) mass is 225 g/mol. The maximum absolute atomic E-state index is 10.6. The summed E-state index contributed by atoms with van der Waals surface area (Å²) < 4.78 is 0. The number of likely N-dealkylation sites (tertiary alicyclic amines) is 1. The van der Waals surface area contributed by atoms with Gasteiger partial charge in [0.2, 0.25) is 0 Å². The first kappa shape index (κ1) is 13.2. The predicted molar refractivity (Wildman–Crippen MR) is 65.5 cm³/mol. The maximum Gasteiger partial charge on any atom is 0.303 e. The van der Waals surface area contributed by atoms with E-state index in [4.69, 9.17) is 5.11 Å². The van der Waals surface area contributed by atoms with Crippen molar-refractivity contribution in [1.29, 1.82) is 0 Å². The molecule has 0 aliphatic carbocycles. The van der Waals surface area contributed by atoms with Gasteiger partial charge in [0.25, 0.3) is 0 Å². The lowest BCUT2D eigenvalue weighted by molar-refractivity contribution is -0.137. The molecule has 92 valence electrons. The van der Waals surface area contributed by atoms with Crippen LogP contribution in [0.15, 0.2) is 12.2 Å². The van der Waals surface area contributed by atoms with Crippen LogP contribution < -0.4 is 0 Å². The van der Waals surface area contributed by atoms with Gasteiger partial charge in [-0.2, -0.15) is 0 Å². The molecule has 1 aliphatic rings. The molecule has 1 atom stereocenters. The Morgan fingerprint density at radius 1 is 1.50 bits per heavy atom.